The van der Waals surface area contributed by atoms with Crippen molar-refractivity contribution < 1.29 is 5.11 Å². The fourth-order valence-electron chi connectivity index (χ4n) is 1.45. The van der Waals surface area contributed by atoms with Crippen LogP contribution in [0.1, 0.15) is 11.7 Å². The van der Waals surface area contributed by atoms with Crippen molar-refractivity contribution in [3.05, 3.63) is 77.7 Å². The topological polar surface area (TPSA) is 20.2 Å². The van der Waals surface area contributed by atoms with Gasteiger partial charge in [0.25, 0.3) is 0 Å². The minimum Gasteiger partial charge on any atom is -0.384 e. The molecule has 0 aliphatic heterocycles. The van der Waals surface area contributed by atoms with E-state index in [1.54, 1.807) is 17.8 Å². The molecule has 86 valence electrons. The van der Waals surface area contributed by atoms with Gasteiger partial charge in [-0.3, -0.25) is 0 Å². The summed E-state index contributed by atoms with van der Waals surface area (Å²) in [5.41, 5.74) is 0.914. The van der Waals surface area contributed by atoms with E-state index in [0.29, 0.717) is 0 Å². The average Bonchev–Trinajstić information content (AvgIpc) is 2.41. The largest absolute Gasteiger partial charge is 0.384 e. The van der Waals surface area contributed by atoms with E-state index in [-0.39, 0.29) is 0 Å². The van der Waals surface area contributed by atoms with Crippen LogP contribution in [0.3, 0.4) is 0 Å². The van der Waals surface area contributed by atoms with E-state index >= 15 is 0 Å². The molecule has 2 aromatic rings. The van der Waals surface area contributed by atoms with E-state index in [1.807, 2.05) is 66.1 Å². The Balaban J connectivity index is 1.93. The number of rotatable bonds is 4. The summed E-state index contributed by atoms with van der Waals surface area (Å²) in [5, 5.41) is 11.8. The summed E-state index contributed by atoms with van der Waals surface area (Å²) in [5.74, 6) is 0. The maximum atomic E-state index is 9.90. The maximum Gasteiger partial charge on any atom is 0.0979 e. The van der Waals surface area contributed by atoms with Gasteiger partial charge in [-0.2, -0.15) is 0 Å². The van der Waals surface area contributed by atoms with Gasteiger partial charge >= 0.3 is 0 Å². The Hall–Kier alpha value is -1.51. The third-order valence-corrected chi connectivity index (χ3v) is 3.19. The monoisotopic (exact) mass is 242 g/mol. The molecule has 0 fully saturated rings. The molecular weight excluding hydrogens is 228 g/mol. The van der Waals surface area contributed by atoms with Crippen LogP contribution < -0.4 is 0 Å². The summed E-state index contributed by atoms with van der Waals surface area (Å²) in [6, 6.07) is 19.7. The van der Waals surface area contributed by atoms with Gasteiger partial charge in [-0.1, -0.05) is 60.3 Å². The molecule has 2 rings (SSSR count). The summed E-state index contributed by atoms with van der Waals surface area (Å²) in [6.45, 7) is 0. The summed E-state index contributed by atoms with van der Waals surface area (Å²) >= 11 is 1.60. The highest BCUT2D eigenvalue weighted by Gasteiger charge is 2.00. The molecule has 0 unspecified atom stereocenters. The Morgan fingerprint density at radius 3 is 2.12 bits per heavy atom. The quantitative estimate of drug-likeness (QED) is 0.817. The molecule has 0 bridgehead atoms. The fraction of sp³-hybridized carbons (Fsp3) is 0.0667. The van der Waals surface area contributed by atoms with E-state index in [9.17, 15) is 5.11 Å². The molecule has 2 aromatic carbocycles. The average molecular weight is 242 g/mol. The number of aliphatic hydroxyl groups excluding tert-OH is 1. The summed E-state index contributed by atoms with van der Waals surface area (Å²) in [7, 11) is 0. The molecule has 0 aliphatic rings. The molecule has 0 spiro atoms. The highest BCUT2D eigenvalue weighted by molar-refractivity contribution is 8.02. The lowest BCUT2D eigenvalue weighted by molar-refractivity contribution is 0.229. The van der Waals surface area contributed by atoms with Crippen molar-refractivity contribution in [2.45, 2.75) is 11.0 Å². The maximum absolute atomic E-state index is 9.90. The highest BCUT2D eigenvalue weighted by atomic mass is 32.2. The molecule has 0 saturated heterocycles. The molecule has 0 radical (unpaired) electrons. The zero-order valence-electron chi connectivity index (χ0n) is 9.36. The van der Waals surface area contributed by atoms with Gasteiger partial charge in [0.1, 0.15) is 0 Å². The molecule has 1 N–H and O–H groups in total. The van der Waals surface area contributed by atoms with Gasteiger partial charge in [-0.15, -0.1) is 0 Å². The van der Waals surface area contributed by atoms with Crippen molar-refractivity contribution >= 4 is 11.8 Å². The molecule has 0 aromatic heterocycles. The van der Waals surface area contributed by atoms with E-state index < -0.39 is 6.10 Å². The minimum absolute atomic E-state index is 0.535. The van der Waals surface area contributed by atoms with Crippen molar-refractivity contribution in [2.24, 2.45) is 0 Å². The number of hydrogen-bond donors (Lipinski definition) is 1. The van der Waals surface area contributed by atoms with E-state index in [4.69, 9.17) is 0 Å². The third kappa shape index (κ3) is 3.77. The smallest absolute Gasteiger partial charge is 0.0979 e. The predicted octanol–water partition coefficient (Wildman–Crippen LogP) is 4.03. The van der Waals surface area contributed by atoms with Crippen LogP contribution in [0.5, 0.6) is 0 Å². The Morgan fingerprint density at radius 1 is 0.882 bits per heavy atom. The second kappa shape index (κ2) is 6.28. The van der Waals surface area contributed by atoms with Crippen LogP contribution in [0.4, 0.5) is 0 Å². The SMILES string of the molecule is O[C@H](/C=C/Sc1ccccc1)c1ccccc1. The number of hydrogen-bond acceptors (Lipinski definition) is 2. The standard InChI is InChI=1S/C15H14OS/c16-15(13-7-3-1-4-8-13)11-12-17-14-9-5-2-6-10-14/h1-12,15-16H/b12-11+/t15-/m1/s1. The van der Waals surface area contributed by atoms with Crippen LogP contribution in [0.25, 0.3) is 0 Å². The van der Waals surface area contributed by atoms with Crippen LogP contribution in [-0.4, -0.2) is 5.11 Å². The lowest BCUT2D eigenvalue weighted by atomic mass is 10.1. The van der Waals surface area contributed by atoms with Crippen LogP contribution in [0, 0.1) is 0 Å². The van der Waals surface area contributed by atoms with Crippen LogP contribution in [-0.2, 0) is 0 Å². The van der Waals surface area contributed by atoms with Gasteiger partial charge in [-0.25, -0.2) is 0 Å². The molecule has 0 amide bonds. The molecule has 17 heavy (non-hydrogen) atoms. The normalized spacial score (nSPS) is 12.8. The van der Waals surface area contributed by atoms with Crippen LogP contribution in [0.2, 0.25) is 0 Å². The van der Waals surface area contributed by atoms with Crippen LogP contribution in [0.15, 0.2) is 77.0 Å². The summed E-state index contributed by atoms with van der Waals surface area (Å²) in [4.78, 5) is 1.17. The van der Waals surface area contributed by atoms with E-state index in [2.05, 4.69) is 0 Å². The lowest BCUT2D eigenvalue weighted by Crippen LogP contribution is -1.91. The van der Waals surface area contributed by atoms with Crippen LogP contribution >= 0.6 is 11.8 Å². The van der Waals surface area contributed by atoms with Gasteiger partial charge in [-0.05, 0) is 29.2 Å². The number of thioether (sulfide) groups is 1. The molecule has 2 heteroatoms. The van der Waals surface area contributed by atoms with Crippen molar-refractivity contribution in [3.8, 4) is 0 Å². The second-order valence-corrected chi connectivity index (χ2v) is 4.59. The number of benzene rings is 2. The van der Waals surface area contributed by atoms with Gasteiger partial charge < -0.3 is 5.11 Å². The van der Waals surface area contributed by atoms with Crippen molar-refractivity contribution in [2.75, 3.05) is 0 Å². The molecule has 0 saturated carbocycles. The summed E-state index contributed by atoms with van der Waals surface area (Å²) < 4.78 is 0. The van der Waals surface area contributed by atoms with E-state index in [0.717, 1.165) is 5.56 Å². The molecule has 1 atom stereocenters. The molecule has 0 aliphatic carbocycles. The highest BCUT2D eigenvalue weighted by Crippen LogP contribution is 2.21. The van der Waals surface area contributed by atoms with Gasteiger partial charge in [0.2, 0.25) is 0 Å². The first-order valence-corrected chi connectivity index (χ1v) is 6.35. The first-order chi connectivity index (χ1) is 8.36. The Labute approximate surface area is 106 Å². The first kappa shape index (κ1) is 12.0. The van der Waals surface area contributed by atoms with Crippen molar-refractivity contribution in [3.63, 3.8) is 0 Å². The molecule has 0 heterocycles. The fourth-order valence-corrected chi connectivity index (χ4v) is 2.15. The summed E-state index contributed by atoms with van der Waals surface area (Å²) in [6.07, 6.45) is 1.26. The third-order valence-electron chi connectivity index (χ3n) is 2.35. The van der Waals surface area contributed by atoms with Gasteiger partial charge in [0.15, 0.2) is 0 Å². The Bertz CT molecular complexity index is 465. The molecular formula is C15H14OS. The lowest BCUT2D eigenvalue weighted by Gasteiger charge is -2.04. The van der Waals surface area contributed by atoms with E-state index in [1.165, 1.54) is 4.90 Å². The minimum atomic E-state index is -0.535. The first-order valence-electron chi connectivity index (χ1n) is 5.47. The van der Waals surface area contributed by atoms with Crippen molar-refractivity contribution in [1.82, 2.24) is 0 Å². The van der Waals surface area contributed by atoms with Crippen molar-refractivity contribution in [1.29, 1.82) is 0 Å². The zero-order valence-corrected chi connectivity index (χ0v) is 10.2. The predicted molar refractivity (Wildman–Crippen MR) is 72.8 cm³/mol. The second-order valence-electron chi connectivity index (χ2n) is 3.61. The van der Waals surface area contributed by atoms with Gasteiger partial charge in [0, 0.05) is 4.90 Å². The Kier molecular flexibility index (Phi) is 4.42. The Morgan fingerprint density at radius 2 is 1.47 bits per heavy atom. The molecule has 1 nitrogen and oxygen atoms in total. The van der Waals surface area contributed by atoms with Gasteiger partial charge in [0.05, 0.1) is 6.10 Å². The number of aliphatic hydroxyl groups is 1. The zero-order chi connectivity index (χ0) is 11.9.